The van der Waals surface area contributed by atoms with Crippen molar-refractivity contribution in [3.05, 3.63) is 54.2 Å². The number of pyridine rings is 1. The van der Waals surface area contributed by atoms with Gasteiger partial charge in [0.15, 0.2) is 0 Å². The zero-order chi connectivity index (χ0) is 11.2. The second-order valence-electron chi connectivity index (χ2n) is 3.25. The first-order valence-electron chi connectivity index (χ1n) is 4.93. The summed E-state index contributed by atoms with van der Waals surface area (Å²) in [5.41, 5.74) is 0.892. The van der Waals surface area contributed by atoms with Crippen molar-refractivity contribution in [2.45, 2.75) is 6.42 Å². The van der Waals surface area contributed by atoms with Crippen molar-refractivity contribution in [3.8, 4) is 17.7 Å². The molecule has 0 aliphatic heterocycles. The van der Waals surface area contributed by atoms with Crippen molar-refractivity contribution < 1.29 is 4.74 Å². The van der Waals surface area contributed by atoms with E-state index in [1.54, 1.807) is 12.3 Å². The third-order valence-electron chi connectivity index (χ3n) is 2.05. The third kappa shape index (κ3) is 2.58. The Labute approximate surface area is 93.9 Å². The Morgan fingerprint density at radius 1 is 1.12 bits per heavy atom. The van der Waals surface area contributed by atoms with Gasteiger partial charge in [-0.1, -0.05) is 24.3 Å². The molecular formula is C13H10N2O. The molecule has 0 N–H and O–H groups in total. The number of nitriles is 1. The molecule has 1 heterocycles. The van der Waals surface area contributed by atoms with E-state index in [0.717, 1.165) is 11.3 Å². The summed E-state index contributed by atoms with van der Waals surface area (Å²) >= 11 is 0. The monoisotopic (exact) mass is 210 g/mol. The van der Waals surface area contributed by atoms with E-state index in [0.29, 0.717) is 12.3 Å². The lowest BCUT2D eigenvalue weighted by Crippen LogP contribution is -1.89. The molecule has 0 fully saturated rings. The summed E-state index contributed by atoms with van der Waals surface area (Å²) in [7, 11) is 0. The van der Waals surface area contributed by atoms with Crippen LogP contribution in [0.4, 0.5) is 0 Å². The first kappa shape index (κ1) is 10.2. The molecular weight excluding hydrogens is 200 g/mol. The van der Waals surface area contributed by atoms with E-state index in [1.807, 2.05) is 36.4 Å². The Balaban J connectivity index is 2.09. The van der Waals surface area contributed by atoms with Gasteiger partial charge in [-0.15, -0.1) is 0 Å². The van der Waals surface area contributed by atoms with E-state index < -0.39 is 0 Å². The van der Waals surface area contributed by atoms with Gasteiger partial charge in [0.1, 0.15) is 5.75 Å². The molecule has 0 atom stereocenters. The maximum atomic E-state index is 8.52. The molecule has 0 aliphatic rings. The van der Waals surface area contributed by atoms with Crippen LogP contribution >= 0.6 is 0 Å². The van der Waals surface area contributed by atoms with Crippen molar-refractivity contribution in [2.75, 3.05) is 0 Å². The molecule has 1 aromatic heterocycles. The zero-order valence-electron chi connectivity index (χ0n) is 8.63. The Morgan fingerprint density at radius 2 is 1.94 bits per heavy atom. The van der Waals surface area contributed by atoms with Gasteiger partial charge in [0.05, 0.1) is 12.5 Å². The summed E-state index contributed by atoms with van der Waals surface area (Å²) in [5, 5.41) is 8.52. The lowest BCUT2D eigenvalue weighted by Gasteiger charge is -2.04. The van der Waals surface area contributed by atoms with Crippen molar-refractivity contribution in [1.82, 2.24) is 4.98 Å². The van der Waals surface area contributed by atoms with Crippen LogP contribution in [-0.2, 0) is 6.42 Å². The Kier molecular flexibility index (Phi) is 3.15. The normalized spacial score (nSPS) is 9.44. The van der Waals surface area contributed by atoms with Gasteiger partial charge in [0, 0.05) is 12.3 Å². The number of benzene rings is 1. The van der Waals surface area contributed by atoms with E-state index in [9.17, 15) is 0 Å². The highest BCUT2D eigenvalue weighted by Crippen LogP contribution is 2.18. The van der Waals surface area contributed by atoms with E-state index in [4.69, 9.17) is 10.00 Å². The topological polar surface area (TPSA) is 45.9 Å². The van der Waals surface area contributed by atoms with Crippen LogP contribution in [0.15, 0.2) is 48.7 Å². The molecule has 3 heteroatoms. The molecule has 0 saturated heterocycles. The number of nitrogens with zero attached hydrogens (tertiary/aromatic N) is 2. The van der Waals surface area contributed by atoms with Gasteiger partial charge in [-0.3, -0.25) is 0 Å². The number of para-hydroxylation sites is 1. The Bertz CT molecular complexity index is 486. The molecule has 0 bridgehead atoms. The minimum Gasteiger partial charge on any atom is -0.439 e. The molecule has 0 saturated carbocycles. The van der Waals surface area contributed by atoms with Crippen molar-refractivity contribution in [2.24, 2.45) is 0 Å². The predicted molar refractivity (Wildman–Crippen MR) is 60.1 cm³/mol. The third-order valence-corrected chi connectivity index (χ3v) is 2.05. The molecule has 2 rings (SSSR count). The number of aromatic nitrogens is 1. The van der Waals surface area contributed by atoms with Gasteiger partial charge in [-0.25, -0.2) is 4.98 Å². The molecule has 78 valence electrons. The van der Waals surface area contributed by atoms with Crippen molar-refractivity contribution >= 4 is 0 Å². The average molecular weight is 210 g/mol. The average Bonchev–Trinajstić information content (AvgIpc) is 2.33. The van der Waals surface area contributed by atoms with Crippen LogP contribution in [0.1, 0.15) is 5.56 Å². The van der Waals surface area contributed by atoms with Gasteiger partial charge in [0.25, 0.3) is 0 Å². The molecule has 16 heavy (non-hydrogen) atoms. The molecule has 0 radical (unpaired) electrons. The van der Waals surface area contributed by atoms with Gasteiger partial charge >= 0.3 is 0 Å². The van der Waals surface area contributed by atoms with Crippen LogP contribution in [0.5, 0.6) is 11.6 Å². The zero-order valence-corrected chi connectivity index (χ0v) is 8.63. The molecule has 2 aromatic rings. The van der Waals surface area contributed by atoms with Crippen LogP contribution in [-0.4, -0.2) is 4.98 Å². The second-order valence-corrected chi connectivity index (χ2v) is 3.25. The molecule has 0 amide bonds. The number of hydrogen-bond donors (Lipinski definition) is 0. The van der Waals surface area contributed by atoms with E-state index >= 15 is 0 Å². The minimum atomic E-state index is 0.374. The first-order valence-corrected chi connectivity index (χ1v) is 4.93. The summed E-state index contributed by atoms with van der Waals surface area (Å²) in [5.74, 6) is 1.29. The molecule has 0 unspecified atom stereocenters. The second kappa shape index (κ2) is 4.94. The van der Waals surface area contributed by atoms with Crippen LogP contribution in [0.25, 0.3) is 0 Å². The summed E-state index contributed by atoms with van der Waals surface area (Å²) in [4.78, 5) is 4.12. The number of rotatable bonds is 3. The Morgan fingerprint density at radius 3 is 2.56 bits per heavy atom. The predicted octanol–water partition coefficient (Wildman–Crippen LogP) is 2.94. The number of hydrogen-bond acceptors (Lipinski definition) is 3. The number of ether oxygens (including phenoxy) is 1. The highest BCUT2D eigenvalue weighted by atomic mass is 16.5. The minimum absolute atomic E-state index is 0.374. The van der Waals surface area contributed by atoms with E-state index in [1.165, 1.54) is 0 Å². The Hall–Kier alpha value is -2.34. The quantitative estimate of drug-likeness (QED) is 0.782. The molecule has 1 aromatic carbocycles. The lowest BCUT2D eigenvalue weighted by atomic mass is 10.2. The van der Waals surface area contributed by atoms with Crippen LogP contribution < -0.4 is 4.74 Å². The summed E-state index contributed by atoms with van der Waals surface area (Å²) in [6.45, 7) is 0. The fraction of sp³-hybridized carbons (Fsp3) is 0.0769. The molecule has 0 aliphatic carbocycles. The summed E-state index contributed by atoms with van der Waals surface area (Å²) < 4.78 is 5.52. The maximum Gasteiger partial charge on any atom is 0.219 e. The van der Waals surface area contributed by atoms with Gasteiger partial charge < -0.3 is 4.74 Å². The molecule has 0 spiro atoms. The van der Waals surface area contributed by atoms with E-state index in [-0.39, 0.29) is 0 Å². The summed E-state index contributed by atoms with van der Waals surface area (Å²) in [6.07, 6.45) is 2.03. The molecule has 3 nitrogen and oxygen atoms in total. The standard InChI is InChI=1S/C13H10N2O/c14-9-8-11-6-7-13(15-10-11)16-12-4-2-1-3-5-12/h1-7,10H,8H2. The lowest BCUT2D eigenvalue weighted by molar-refractivity contribution is 0.462. The van der Waals surface area contributed by atoms with Crippen LogP contribution in [0, 0.1) is 11.3 Å². The highest BCUT2D eigenvalue weighted by molar-refractivity contribution is 5.28. The van der Waals surface area contributed by atoms with Gasteiger partial charge in [-0.2, -0.15) is 5.26 Å². The van der Waals surface area contributed by atoms with Gasteiger partial charge in [-0.05, 0) is 17.7 Å². The van der Waals surface area contributed by atoms with Gasteiger partial charge in [0.2, 0.25) is 5.88 Å². The summed E-state index contributed by atoms with van der Waals surface area (Å²) in [6, 6.07) is 15.1. The SMILES string of the molecule is N#CCc1ccc(Oc2ccccc2)nc1. The first-order chi connectivity index (χ1) is 7.88. The fourth-order valence-corrected chi connectivity index (χ4v) is 1.28. The van der Waals surface area contributed by atoms with Crippen molar-refractivity contribution in [3.63, 3.8) is 0 Å². The van der Waals surface area contributed by atoms with Crippen LogP contribution in [0.3, 0.4) is 0 Å². The maximum absolute atomic E-state index is 8.52. The van der Waals surface area contributed by atoms with Crippen LogP contribution in [0.2, 0.25) is 0 Å². The van der Waals surface area contributed by atoms with Crippen molar-refractivity contribution in [1.29, 1.82) is 5.26 Å². The largest absolute Gasteiger partial charge is 0.439 e. The fourth-order valence-electron chi connectivity index (χ4n) is 1.28. The van der Waals surface area contributed by atoms with E-state index in [2.05, 4.69) is 11.1 Å². The smallest absolute Gasteiger partial charge is 0.219 e. The highest BCUT2D eigenvalue weighted by Gasteiger charge is 1.98.